The number of likely N-dealkylation sites (tertiary alicyclic amines) is 1. The molecule has 312 valence electrons. The van der Waals surface area contributed by atoms with Crippen molar-refractivity contribution in [2.24, 2.45) is 29.4 Å². The highest BCUT2D eigenvalue weighted by Crippen LogP contribution is 2.31. The van der Waals surface area contributed by atoms with Gasteiger partial charge in [-0.15, -0.1) is 0 Å². The zero-order chi connectivity index (χ0) is 41.5. The van der Waals surface area contributed by atoms with Gasteiger partial charge >= 0.3 is 0 Å². The number of likely N-dealkylation sites (N-methyl/N-ethyl adjacent to an activating group) is 1. The largest absolute Gasteiger partial charge is 0.379 e. The van der Waals surface area contributed by atoms with Crippen molar-refractivity contribution in [3.63, 3.8) is 0 Å². The van der Waals surface area contributed by atoms with Gasteiger partial charge in [-0.25, -0.2) is 0 Å². The Morgan fingerprint density at radius 3 is 2.21 bits per heavy atom. The first-order valence-electron chi connectivity index (χ1n) is 20.0. The number of carbonyl (C=O) groups excluding carboxylic acids is 6. The van der Waals surface area contributed by atoms with Crippen molar-refractivity contribution < 1.29 is 43.0 Å². The topological polar surface area (TPSA) is 178 Å². The number of nitrogens with zero attached hydrogens (tertiary/aromatic N) is 3. The van der Waals surface area contributed by atoms with Crippen LogP contribution in [-0.2, 0) is 49.4 Å². The van der Waals surface area contributed by atoms with Gasteiger partial charge in [0.1, 0.15) is 5.78 Å². The Morgan fingerprint density at radius 1 is 0.964 bits per heavy atom. The number of nitrogens with one attached hydrogen (secondary N) is 1. The average molecular weight is 784 g/mol. The Bertz CT molecular complexity index is 1490. The van der Waals surface area contributed by atoms with Crippen LogP contribution in [0.5, 0.6) is 0 Å². The number of carbonyl (C=O) groups is 6. The molecule has 2 heterocycles. The monoisotopic (exact) mass is 783 g/mol. The first-order valence-corrected chi connectivity index (χ1v) is 20.0. The molecular weight excluding hydrogens is 718 g/mol. The predicted octanol–water partition coefficient (Wildman–Crippen LogP) is 2.77. The van der Waals surface area contributed by atoms with Gasteiger partial charge in [-0.3, -0.25) is 33.7 Å². The Kier molecular flexibility index (Phi) is 18.8. The van der Waals surface area contributed by atoms with Gasteiger partial charge in [0.05, 0.1) is 56.5 Å². The van der Waals surface area contributed by atoms with E-state index in [2.05, 4.69) is 5.32 Å². The van der Waals surface area contributed by atoms with Gasteiger partial charge in [-0.2, -0.15) is 0 Å². The van der Waals surface area contributed by atoms with Gasteiger partial charge in [0.2, 0.25) is 17.7 Å². The summed E-state index contributed by atoms with van der Waals surface area (Å²) in [5.41, 5.74) is 7.17. The SMILES string of the molecule is CC[C@H](C)[C@@H]([C@@H](CC(=O)N1CCC[C@H]1[C@H](OC)[C@@H](C)C(=O)C[C@@H](Cc1ccccc1)C(=O)NCCOCCN1C(=O)C=CC1=O)OC)N(C)C(=O)[C@@H](N)C(C)C. The van der Waals surface area contributed by atoms with Crippen LogP contribution >= 0.6 is 0 Å². The van der Waals surface area contributed by atoms with Crippen molar-refractivity contribution in [1.29, 1.82) is 0 Å². The van der Waals surface area contributed by atoms with E-state index >= 15 is 0 Å². The van der Waals surface area contributed by atoms with Crippen LogP contribution in [-0.4, -0.2) is 134 Å². The third kappa shape index (κ3) is 12.5. The molecule has 0 aromatic heterocycles. The zero-order valence-corrected chi connectivity index (χ0v) is 34.6. The lowest BCUT2D eigenvalue weighted by atomic mass is 9.85. The van der Waals surface area contributed by atoms with Gasteiger partial charge in [0.15, 0.2) is 0 Å². The number of methoxy groups -OCH3 is 2. The van der Waals surface area contributed by atoms with E-state index < -0.39 is 30.1 Å². The summed E-state index contributed by atoms with van der Waals surface area (Å²) in [6.07, 6.45) is 3.78. The molecule has 8 atom stereocenters. The summed E-state index contributed by atoms with van der Waals surface area (Å²) in [4.78, 5) is 83.0. The predicted molar refractivity (Wildman–Crippen MR) is 212 cm³/mol. The molecule has 3 rings (SSSR count). The van der Waals surface area contributed by atoms with Crippen LogP contribution < -0.4 is 11.1 Å². The van der Waals surface area contributed by atoms with Gasteiger partial charge in [0.25, 0.3) is 11.8 Å². The van der Waals surface area contributed by atoms with Crippen molar-refractivity contribution in [3.8, 4) is 0 Å². The third-order valence-electron chi connectivity index (χ3n) is 11.4. The maximum absolute atomic E-state index is 14.1. The molecule has 0 aliphatic carbocycles. The molecule has 0 radical (unpaired) electrons. The number of imide groups is 1. The van der Waals surface area contributed by atoms with E-state index in [-0.39, 0.29) is 98.4 Å². The van der Waals surface area contributed by atoms with Crippen molar-refractivity contribution in [3.05, 3.63) is 48.0 Å². The Morgan fingerprint density at radius 2 is 1.62 bits per heavy atom. The summed E-state index contributed by atoms with van der Waals surface area (Å²) < 4.78 is 17.5. The number of nitrogens with two attached hydrogens (primary N) is 1. The molecule has 2 aliphatic rings. The number of ketones is 1. The second-order valence-corrected chi connectivity index (χ2v) is 15.5. The van der Waals surface area contributed by atoms with Crippen molar-refractivity contribution >= 4 is 35.3 Å². The summed E-state index contributed by atoms with van der Waals surface area (Å²) in [6.45, 7) is 10.8. The number of hydrogen-bond donors (Lipinski definition) is 2. The Balaban J connectivity index is 1.67. The van der Waals surface area contributed by atoms with E-state index in [1.165, 1.54) is 12.2 Å². The van der Waals surface area contributed by atoms with Crippen LogP contribution in [0.3, 0.4) is 0 Å². The van der Waals surface area contributed by atoms with E-state index in [4.69, 9.17) is 19.9 Å². The van der Waals surface area contributed by atoms with Crippen LogP contribution in [0.1, 0.15) is 72.3 Å². The Labute approximate surface area is 332 Å². The molecule has 1 aromatic carbocycles. The van der Waals surface area contributed by atoms with Crippen molar-refractivity contribution in [2.45, 2.75) is 103 Å². The Hall–Kier alpha value is -3.98. The second kappa shape index (κ2) is 22.7. The summed E-state index contributed by atoms with van der Waals surface area (Å²) in [7, 11) is 4.83. The van der Waals surface area contributed by atoms with E-state index in [1.54, 1.807) is 38.0 Å². The average Bonchev–Trinajstić information content (AvgIpc) is 3.80. The van der Waals surface area contributed by atoms with E-state index in [0.717, 1.165) is 23.3 Å². The zero-order valence-electron chi connectivity index (χ0n) is 34.6. The lowest BCUT2D eigenvalue weighted by Gasteiger charge is -2.40. The number of hydrogen-bond acceptors (Lipinski definition) is 10. The minimum Gasteiger partial charge on any atom is -0.379 e. The molecule has 1 fully saturated rings. The van der Waals surface area contributed by atoms with E-state index in [1.807, 2.05) is 58.0 Å². The highest BCUT2D eigenvalue weighted by Gasteiger charge is 2.42. The van der Waals surface area contributed by atoms with Gasteiger partial charge in [0, 0.05) is 64.8 Å². The van der Waals surface area contributed by atoms with Crippen molar-refractivity contribution in [1.82, 2.24) is 20.0 Å². The van der Waals surface area contributed by atoms with Crippen LogP contribution in [0, 0.1) is 23.7 Å². The number of ether oxygens (including phenoxy) is 3. The molecule has 0 spiro atoms. The van der Waals surface area contributed by atoms with Gasteiger partial charge in [-0.1, -0.05) is 71.4 Å². The smallest absolute Gasteiger partial charge is 0.253 e. The normalized spacial score (nSPS) is 19.4. The minimum absolute atomic E-state index is 0.0311. The third-order valence-corrected chi connectivity index (χ3v) is 11.4. The molecule has 0 bridgehead atoms. The van der Waals surface area contributed by atoms with Crippen LogP contribution in [0.25, 0.3) is 0 Å². The van der Waals surface area contributed by atoms with E-state index in [0.29, 0.717) is 19.4 Å². The maximum Gasteiger partial charge on any atom is 0.253 e. The molecular formula is C42H65N5O9. The standard InChI is InChI=1S/C42H65N5O9/c1-9-28(4)39(45(6)42(53)38(43)27(2)3)34(54-7)26-37(51)46-20-13-16-32(46)40(55-8)29(5)33(48)25-31(24-30-14-11-10-12-15-30)41(52)44-19-22-56-23-21-47-35(49)17-18-36(47)50/h10-12,14-15,17-18,27-29,31-32,34,38-40H,9,13,16,19-26,43H2,1-8H3,(H,44,52)/t28-,29-,31+,32-,34+,38-,39-,40+/m0/s1. The molecule has 14 nitrogen and oxygen atoms in total. The number of amides is 5. The minimum atomic E-state index is -0.674. The molecule has 0 unspecified atom stereocenters. The first kappa shape index (κ1) is 46.4. The summed E-state index contributed by atoms with van der Waals surface area (Å²) in [6, 6.07) is 8.07. The van der Waals surface area contributed by atoms with Crippen LogP contribution in [0.4, 0.5) is 0 Å². The molecule has 0 saturated carbocycles. The molecule has 56 heavy (non-hydrogen) atoms. The number of Topliss-reactive ketones (excluding diaryl/α,β-unsaturated/α-hetero) is 1. The summed E-state index contributed by atoms with van der Waals surface area (Å²) in [5, 5.41) is 2.88. The first-order chi connectivity index (χ1) is 26.7. The second-order valence-electron chi connectivity index (χ2n) is 15.5. The van der Waals surface area contributed by atoms with Gasteiger partial charge < -0.3 is 35.1 Å². The number of benzene rings is 1. The molecule has 1 aromatic rings. The fourth-order valence-corrected chi connectivity index (χ4v) is 7.75. The highest BCUT2D eigenvalue weighted by atomic mass is 16.5. The summed E-state index contributed by atoms with van der Waals surface area (Å²) in [5.74, 6) is -2.84. The molecule has 1 saturated heterocycles. The fourth-order valence-electron chi connectivity index (χ4n) is 7.75. The lowest BCUT2D eigenvalue weighted by molar-refractivity contribution is -0.146. The molecule has 5 amide bonds. The highest BCUT2D eigenvalue weighted by molar-refractivity contribution is 6.12. The van der Waals surface area contributed by atoms with Crippen LogP contribution in [0.2, 0.25) is 0 Å². The van der Waals surface area contributed by atoms with Crippen LogP contribution in [0.15, 0.2) is 42.5 Å². The van der Waals surface area contributed by atoms with Crippen molar-refractivity contribution in [2.75, 3.05) is 54.1 Å². The lowest BCUT2D eigenvalue weighted by Crippen LogP contribution is -2.56. The molecule has 2 aliphatic heterocycles. The quantitative estimate of drug-likeness (QED) is 0.117. The van der Waals surface area contributed by atoms with Gasteiger partial charge in [-0.05, 0) is 36.7 Å². The molecule has 14 heteroatoms. The number of rotatable bonds is 24. The summed E-state index contributed by atoms with van der Waals surface area (Å²) >= 11 is 0. The fraction of sp³-hybridized carbons (Fsp3) is 0.667. The van der Waals surface area contributed by atoms with E-state index in [9.17, 15) is 28.8 Å². The maximum atomic E-state index is 14.1. The molecule has 3 N–H and O–H groups in total.